The van der Waals surface area contributed by atoms with E-state index in [0.717, 1.165) is 21.6 Å². The number of rotatable bonds is 4. The van der Waals surface area contributed by atoms with Crippen LogP contribution in [0.4, 0.5) is 19.0 Å². The molecule has 1 unspecified atom stereocenters. The van der Waals surface area contributed by atoms with E-state index in [1.54, 1.807) is 6.07 Å². The third-order valence-electron chi connectivity index (χ3n) is 4.76. The van der Waals surface area contributed by atoms with Gasteiger partial charge in [0.05, 0.1) is 11.1 Å². The molecule has 0 N–H and O–H groups in total. The van der Waals surface area contributed by atoms with Crippen LogP contribution >= 0.6 is 11.3 Å². The number of ether oxygens (including phenoxy) is 1. The molecule has 0 fully saturated rings. The zero-order chi connectivity index (χ0) is 20.6. The molecule has 0 aliphatic carbocycles. The molecule has 9 heteroatoms. The van der Waals surface area contributed by atoms with Gasteiger partial charge in [-0.05, 0) is 36.9 Å². The minimum Gasteiger partial charge on any atom is -0.489 e. The van der Waals surface area contributed by atoms with Crippen molar-refractivity contribution in [2.75, 3.05) is 11.4 Å². The summed E-state index contributed by atoms with van der Waals surface area (Å²) >= 11 is 1.25. The molecule has 4 rings (SSSR count). The summed E-state index contributed by atoms with van der Waals surface area (Å²) in [5.74, 6) is 0.557. The molecule has 5 nitrogen and oxygen atoms in total. The smallest absolute Gasteiger partial charge is 0.410 e. The highest BCUT2D eigenvalue weighted by atomic mass is 32.1. The summed E-state index contributed by atoms with van der Waals surface area (Å²) in [6.07, 6.45) is -3.34. The number of halogens is 3. The molecule has 0 saturated heterocycles. The van der Waals surface area contributed by atoms with Gasteiger partial charge in [0.15, 0.2) is 6.04 Å². The number of carbonyl (C=O) groups is 1. The Labute approximate surface area is 169 Å². The van der Waals surface area contributed by atoms with E-state index < -0.39 is 12.2 Å². The minimum absolute atomic E-state index is 0.0121. The van der Waals surface area contributed by atoms with Crippen LogP contribution in [0.5, 0.6) is 5.75 Å². The highest BCUT2D eigenvalue weighted by Crippen LogP contribution is 2.39. The van der Waals surface area contributed by atoms with Gasteiger partial charge in [-0.1, -0.05) is 17.7 Å². The fourth-order valence-corrected chi connectivity index (χ4v) is 4.10. The Morgan fingerprint density at radius 1 is 1.28 bits per heavy atom. The second kappa shape index (κ2) is 7.55. The van der Waals surface area contributed by atoms with E-state index in [2.05, 4.69) is 5.10 Å². The first-order valence-electron chi connectivity index (χ1n) is 9.02. The number of fused-ring (bicyclic) bond motifs is 1. The van der Waals surface area contributed by atoms with Crippen LogP contribution in [0.1, 0.15) is 33.3 Å². The monoisotopic (exact) mass is 421 g/mol. The molecule has 1 aromatic carbocycles. The molecular formula is C20H18F3N3O2S. The van der Waals surface area contributed by atoms with Crippen molar-refractivity contribution in [2.45, 2.75) is 32.2 Å². The number of aryl methyl sites for hydroxylation is 1. The van der Waals surface area contributed by atoms with Crippen LogP contribution in [0, 0.1) is 6.92 Å². The van der Waals surface area contributed by atoms with Crippen LogP contribution in [-0.2, 0) is 6.61 Å². The average molecular weight is 421 g/mol. The van der Waals surface area contributed by atoms with Crippen molar-refractivity contribution < 1.29 is 22.7 Å². The summed E-state index contributed by atoms with van der Waals surface area (Å²) in [6, 6.07) is 9.09. The van der Waals surface area contributed by atoms with Crippen molar-refractivity contribution in [1.82, 2.24) is 9.78 Å². The van der Waals surface area contributed by atoms with Crippen molar-refractivity contribution in [1.29, 1.82) is 0 Å². The van der Waals surface area contributed by atoms with Crippen molar-refractivity contribution in [3.05, 3.63) is 64.0 Å². The van der Waals surface area contributed by atoms with Crippen LogP contribution in [0.3, 0.4) is 0 Å². The lowest BCUT2D eigenvalue weighted by atomic mass is 10.1. The summed E-state index contributed by atoms with van der Waals surface area (Å²) in [5.41, 5.74) is 1.96. The Morgan fingerprint density at radius 2 is 2.03 bits per heavy atom. The van der Waals surface area contributed by atoms with Crippen LogP contribution in [0.2, 0.25) is 0 Å². The molecule has 1 amide bonds. The minimum atomic E-state index is -4.40. The Balaban J connectivity index is 1.47. The first-order valence-corrected chi connectivity index (χ1v) is 9.90. The Hall–Kier alpha value is -2.81. The number of thiophene rings is 1. The lowest BCUT2D eigenvalue weighted by Crippen LogP contribution is -2.42. The summed E-state index contributed by atoms with van der Waals surface area (Å²) < 4.78 is 46.3. The molecule has 2 aromatic heterocycles. The average Bonchev–Trinajstić information content (AvgIpc) is 3.35. The normalized spacial score (nSPS) is 16.6. The first-order chi connectivity index (χ1) is 13.8. The molecule has 1 atom stereocenters. The standard InChI is InChI=1S/C20H18F3N3O2S/c1-13-2-4-15(5-3-13)28-11-14-10-16(29-12-14)19(27)25-9-7-17(20(21,22)23)26-18(25)6-8-24-26/h2-6,8,10,12,17H,7,9,11H2,1H3. The molecule has 152 valence electrons. The van der Waals surface area contributed by atoms with E-state index in [-0.39, 0.29) is 24.7 Å². The molecule has 0 saturated carbocycles. The van der Waals surface area contributed by atoms with Gasteiger partial charge in [-0.15, -0.1) is 11.3 Å². The van der Waals surface area contributed by atoms with Crippen molar-refractivity contribution in [3.8, 4) is 5.75 Å². The maximum absolute atomic E-state index is 13.2. The van der Waals surface area contributed by atoms with Gasteiger partial charge in [0.2, 0.25) is 0 Å². The van der Waals surface area contributed by atoms with Gasteiger partial charge < -0.3 is 4.74 Å². The number of anilines is 1. The molecule has 0 radical (unpaired) electrons. The maximum atomic E-state index is 13.2. The van der Waals surface area contributed by atoms with E-state index in [1.807, 2.05) is 36.6 Å². The second-order valence-corrected chi connectivity index (χ2v) is 7.77. The van der Waals surface area contributed by atoms with E-state index >= 15 is 0 Å². The summed E-state index contributed by atoms with van der Waals surface area (Å²) in [5, 5.41) is 5.61. The van der Waals surface area contributed by atoms with Gasteiger partial charge in [-0.3, -0.25) is 9.69 Å². The van der Waals surface area contributed by atoms with Gasteiger partial charge in [0, 0.05) is 18.2 Å². The lowest BCUT2D eigenvalue weighted by molar-refractivity contribution is -0.172. The number of alkyl halides is 3. The quantitative estimate of drug-likeness (QED) is 0.597. The van der Waals surface area contributed by atoms with E-state index in [1.165, 1.54) is 28.5 Å². The number of aromatic nitrogens is 2. The SMILES string of the molecule is Cc1ccc(OCc2csc(C(=O)N3CCC(C(F)(F)F)n4nccc43)c2)cc1. The third kappa shape index (κ3) is 4.00. The largest absolute Gasteiger partial charge is 0.489 e. The van der Waals surface area contributed by atoms with Crippen LogP contribution in [-0.4, -0.2) is 28.4 Å². The fraction of sp³-hybridized carbons (Fsp3) is 0.300. The second-order valence-electron chi connectivity index (χ2n) is 6.86. The van der Waals surface area contributed by atoms with Gasteiger partial charge in [0.1, 0.15) is 18.2 Å². The molecule has 1 aliphatic heterocycles. The van der Waals surface area contributed by atoms with Crippen molar-refractivity contribution in [3.63, 3.8) is 0 Å². The first kappa shape index (κ1) is 19.5. The van der Waals surface area contributed by atoms with Gasteiger partial charge in [-0.25, -0.2) is 4.68 Å². The molecular weight excluding hydrogens is 403 g/mol. The van der Waals surface area contributed by atoms with E-state index in [4.69, 9.17) is 4.74 Å². The predicted octanol–water partition coefficient (Wildman–Crippen LogP) is 4.99. The number of carbonyl (C=O) groups excluding carboxylic acids is 1. The number of amides is 1. The van der Waals surface area contributed by atoms with Crippen LogP contribution in [0.25, 0.3) is 0 Å². The topological polar surface area (TPSA) is 47.4 Å². The Morgan fingerprint density at radius 3 is 2.76 bits per heavy atom. The summed E-state index contributed by atoms with van der Waals surface area (Å²) in [7, 11) is 0. The van der Waals surface area contributed by atoms with Crippen LogP contribution in [0.15, 0.2) is 48.0 Å². The molecule has 3 heterocycles. The fourth-order valence-electron chi connectivity index (χ4n) is 3.25. The highest BCUT2D eigenvalue weighted by Gasteiger charge is 2.45. The molecule has 0 spiro atoms. The molecule has 3 aromatic rings. The zero-order valence-corrected chi connectivity index (χ0v) is 16.3. The predicted molar refractivity (Wildman–Crippen MR) is 103 cm³/mol. The lowest BCUT2D eigenvalue weighted by Gasteiger charge is -2.33. The highest BCUT2D eigenvalue weighted by molar-refractivity contribution is 7.12. The number of benzene rings is 1. The van der Waals surface area contributed by atoms with E-state index in [0.29, 0.717) is 11.5 Å². The maximum Gasteiger partial charge on any atom is 0.410 e. The Bertz CT molecular complexity index is 1010. The zero-order valence-electron chi connectivity index (χ0n) is 15.5. The Kier molecular flexibility index (Phi) is 5.08. The molecule has 0 bridgehead atoms. The number of hydrogen-bond donors (Lipinski definition) is 0. The molecule has 29 heavy (non-hydrogen) atoms. The summed E-state index contributed by atoms with van der Waals surface area (Å²) in [6.45, 7) is 2.28. The van der Waals surface area contributed by atoms with Gasteiger partial charge in [0.25, 0.3) is 5.91 Å². The van der Waals surface area contributed by atoms with Crippen molar-refractivity contribution in [2.24, 2.45) is 0 Å². The number of nitrogens with zero attached hydrogens (tertiary/aromatic N) is 3. The summed E-state index contributed by atoms with van der Waals surface area (Å²) in [4.78, 5) is 14.7. The van der Waals surface area contributed by atoms with E-state index in [9.17, 15) is 18.0 Å². The van der Waals surface area contributed by atoms with Crippen LogP contribution < -0.4 is 9.64 Å². The van der Waals surface area contributed by atoms with Gasteiger partial charge >= 0.3 is 6.18 Å². The van der Waals surface area contributed by atoms with Gasteiger partial charge in [-0.2, -0.15) is 18.3 Å². The molecule has 1 aliphatic rings. The number of hydrogen-bond acceptors (Lipinski definition) is 4. The van der Waals surface area contributed by atoms with Crippen molar-refractivity contribution >= 4 is 23.1 Å². The third-order valence-corrected chi connectivity index (χ3v) is 5.73.